The molecule has 0 amide bonds. The van der Waals surface area contributed by atoms with Crippen LogP contribution in [0.25, 0.3) is 0 Å². The number of ether oxygens (including phenoxy) is 3. The number of rotatable bonds is 11. The maximum absolute atomic E-state index is 6.00. The molecular weight excluding hydrogens is 380 g/mol. The summed E-state index contributed by atoms with van der Waals surface area (Å²) in [7, 11) is 9.26. The van der Waals surface area contributed by atoms with Gasteiger partial charge in [-0.1, -0.05) is 25.3 Å². The molecule has 170 valence electrons. The highest BCUT2D eigenvalue weighted by Crippen LogP contribution is 2.31. The molecule has 30 heavy (non-hydrogen) atoms. The van der Waals surface area contributed by atoms with Crippen LogP contribution in [0.1, 0.15) is 50.1 Å². The molecule has 0 heterocycles. The molecule has 1 fully saturated rings. The lowest BCUT2D eigenvalue weighted by atomic mass is 9.98. The number of benzene rings is 1. The van der Waals surface area contributed by atoms with Crippen LogP contribution in [0.5, 0.6) is 11.5 Å². The van der Waals surface area contributed by atoms with Crippen molar-refractivity contribution in [2.45, 2.75) is 50.7 Å². The molecule has 1 aliphatic rings. The van der Waals surface area contributed by atoms with Gasteiger partial charge in [0.1, 0.15) is 0 Å². The van der Waals surface area contributed by atoms with Crippen LogP contribution < -0.4 is 20.1 Å². The number of nitrogens with zero attached hydrogens (tertiary/aromatic N) is 2. The second kappa shape index (κ2) is 13.3. The number of aliphatic imine (C=N–C) groups is 1. The first-order chi connectivity index (χ1) is 14.6. The van der Waals surface area contributed by atoms with Crippen molar-refractivity contribution < 1.29 is 14.2 Å². The van der Waals surface area contributed by atoms with Gasteiger partial charge in [0.15, 0.2) is 17.5 Å². The fourth-order valence-electron chi connectivity index (χ4n) is 3.83. The molecule has 2 rings (SSSR count). The van der Waals surface area contributed by atoms with E-state index in [1.807, 2.05) is 12.1 Å². The third-order valence-electron chi connectivity index (χ3n) is 5.62. The second-order valence-corrected chi connectivity index (χ2v) is 7.96. The number of methoxy groups -OCH3 is 2. The predicted octanol–water partition coefficient (Wildman–Crippen LogP) is 3.21. The zero-order valence-corrected chi connectivity index (χ0v) is 19.4. The first kappa shape index (κ1) is 24.3. The first-order valence-electron chi connectivity index (χ1n) is 11.0. The number of guanidine groups is 1. The van der Waals surface area contributed by atoms with E-state index in [0.717, 1.165) is 49.1 Å². The number of nitrogens with one attached hydrogen (secondary N) is 2. The third-order valence-corrected chi connectivity index (χ3v) is 5.62. The molecule has 0 aliphatic heterocycles. The minimum atomic E-state index is 0.165. The van der Waals surface area contributed by atoms with Crippen molar-refractivity contribution in [1.82, 2.24) is 15.5 Å². The fraction of sp³-hybridized carbons (Fsp3) is 0.696. The molecule has 0 radical (unpaired) electrons. The molecule has 7 heteroatoms. The predicted molar refractivity (Wildman–Crippen MR) is 123 cm³/mol. The van der Waals surface area contributed by atoms with E-state index in [-0.39, 0.29) is 6.04 Å². The minimum absolute atomic E-state index is 0.165. The quantitative estimate of drug-likeness (QED) is 0.326. The van der Waals surface area contributed by atoms with E-state index in [1.54, 1.807) is 21.3 Å². The Morgan fingerprint density at radius 2 is 1.83 bits per heavy atom. The highest BCUT2D eigenvalue weighted by molar-refractivity contribution is 5.79. The van der Waals surface area contributed by atoms with Crippen LogP contribution >= 0.6 is 0 Å². The summed E-state index contributed by atoms with van der Waals surface area (Å²) in [5.41, 5.74) is 1.15. The molecule has 1 aromatic rings. The monoisotopic (exact) mass is 420 g/mol. The van der Waals surface area contributed by atoms with E-state index >= 15 is 0 Å². The topological polar surface area (TPSA) is 67.4 Å². The van der Waals surface area contributed by atoms with Gasteiger partial charge in [-0.25, -0.2) is 0 Å². The molecule has 1 unspecified atom stereocenters. The van der Waals surface area contributed by atoms with Gasteiger partial charge in [0, 0.05) is 26.7 Å². The van der Waals surface area contributed by atoms with Crippen molar-refractivity contribution in [2.24, 2.45) is 4.99 Å². The normalized spacial score (nSPS) is 16.4. The van der Waals surface area contributed by atoms with Gasteiger partial charge in [0.2, 0.25) is 0 Å². The molecule has 0 bridgehead atoms. The zero-order chi connectivity index (χ0) is 21.8. The zero-order valence-electron chi connectivity index (χ0n) is 19.4. The molecule has 1 aliphatic carbocycles. The summed E-state index contributed by atoms with van der Waals surface area (Å²) in [6.07, 6.45) is 7.87. The fourth-order valence-corrected chi connectivity index (χ4v) is 3.83. The van der Waals surface area contributed by atoms with Crippen LogP contribution in [0.4, 0.5) is 0 Å². The summed E-state index contributed by atoms with van der Waals surface area (Å²) in [6.45, 7) is 2.37. The Balaban J connectivity index is 1.79. The molecule has 1 aromatic carbocycles. The maximum atomic E-state index is 6.00. The van der Waals surface area contributed by atoms with E-state index in [4.69, 9.17) is 14.2 Å². The smallest absolute Gasteiger partial charge is 0.191 e. The largest absolute Gasteiger partial charge is 0.493 e. The molecule has 2 N–H and O–H groups in total. The third kappa shape index (κ3) is 7.69. The van der Waals surface area contributed by atoms with Gasteiger partial charge in [-0.05, 0) is 51.1 Å². The van der Waals surface area contributed by atoms with Crippen LogP contribution in [0, 0.1) is 0 Å². The summed E-state index contributed by atoms with van der Waals surface area (Å²) in [5.74, 6) is 2.28. The van der Waals surface area contributed by atoms with Crippen molar-refractivity contribution in [3.05, 3.63) is 23.8 Å². The first-order valence-corrected chi connectivity index (χ1v) is 11.0. The minimum Gasteiger partial charge on any atom is -0.493 e. The summed E-state index contributed by atoms with van der Waals surface area (Å²) in [5, 5.41) is 6.83. The van der Waals surface area contributed by atoms with E-state index < -0.39 is 0 Å². The summed E-state index contributed by atoms with van der Waals surface area (Å²) >= 11 is 0. The van der Waals surface area contributed by atoms with Gasteiger partial charge < -0.3 is 29.7 Å². The van der Waals surface area contributed by atoms with Crippen LogP contribution in [0.15, 0.2) is 23.2 Å². The molecule has 1 atom stereocenters. The summed E-state index contributed by atoms with van der Waals surface area (Å²) in [6, 6.07) is 6.22. The van der Waals surface area contributed by atoms with Crippen molar-refractivity contribution in [3.63, 3.8) is 0 Å². The van der Waals surface area contributed by atoms with Crippen LogP contribution in [-0.4, -0.2) is 72.0 Å². The van der Waals surface area contributed by atoms with Crippen molar-refractivity contribution in [3.8, 4) is 11.5 Å². The standard InChI is InChI=1S/C23H40N4O3/c1-24-23(25-14-9-15-30-19-10-7-6-8-11-19)26-17-20(27(2)3)18-12-13-21(28-4)22(16-18)29-5/h12-13,16,19-20H,6-11,14-15,17H2,1-5H3,(H2,24,25,26). The molecule has 7 nitrogen and oxygen atoms in total. The second-order valence-electron chi connectivity index (χ2n) is 7.96. The van der Waals surface area contributed by atoms with E-state index in [1.165, 1.54) is 32.1 Å². The van der Waals surface area contributed by atoms with Gasteiger partial charge in [0.25, 0.3) is 0 Å². The summed E-state index contributed by atoms with van der Waals surface area (Å²) < 4.78 is 16.8. The lowest BCUT2D eigenvalue weighted by molar-refractivity contribution is 0.0277. The van der Waals surface area contributed by atoms with E-state index in [0.29, 0.717) is 6.10 Å². The van der Waals surface area contributed by atoms with Crippen molar-refractivity contribution in [2.75, 3.05) is 55.1 Å². The Bertz CT molecular complexity index is 645. The van der Waals surface area contributed by atoms with Crippen LogP contribution in [-0.2, 0) is 4.74 Å². The number of hydrogen-bond donors (Lipinski definition) is 2. The molecule has 0 aromatic heterocycles. The maximum Gasteiger partial charge on any atom is 0.191 e. The lowest BCUT2D eigenvalue weighted by Crippen LogP contribution is -2.42. The average molecular weight is 421 g/mol. The highest BCUT2D eigenvalue weighted by atomic mass is 16.5. The highest BCUT2D eigenvalue weighted by Gasteiger charge is 2.17. The molecule has 0 saturated heterocycles. The Kier molecular flexibility index (Phi) is 10.8. The Morgan fingerprint density at radius 1 is 1.10 bits per heavy atom. The van der Waals surface area contributed by atoms with Gasteiger partial charge in [-0.2, -0.15) is 0 Å². The molecule has 1 saturated carbocycles. The number of hydrogen-bond acceptors (Lipinski definition) is 5. The van der Waals surface area contributed by atoms with E-state index in [2.05, 4.69) is 40.7 Å². The molecular formula is C23H40N4O3. The average Bonchev–Trinajstić information content (AvgIpc) is 2.77. The van der Waals surface area contributed by atoms with Gasteiger partial charge >= 0.3 is 0 Å². The van der Waals surface area contributed by atoms with Crippen LogP contribution in [0.2, 0.25) is 0 Å². The molecule has 0 spiro atoms. The Morgan fingerprint density at radius 3 is 2.47 bits per heavy atom. The van der Waals surface area contributed by atoms with Gasteiger partial charge in [0.05, 0.1) is 26.4 Å². The summed E-state index contributed by atoms with van der Waals surface area (Å²) in [4.78, 5) is 6.53. The lowest BCUT2D eigenvalue weighted by Gasteiger charge is -2.26. The van der Waals surface area contributed by atoms with Crippen molar-refractivity contribution >= 4 is 5.96 Å². The van der Waals surface area contributed by atoms with Crippen LogP contribution in [0.3, 0.4) is 0 Å². The SMILES string of the molecule is CN=C(NCCCOC1CCCCC1)NCC(c1ccc(OC)c(OC)c1)N(C)C. The van der Waals surface area contributed by atoms with Gasteiger partial charge in [-0.3, -0.25) is 4.99 Å². The Labute approximate surface area is 182 Å². The van der Waals surface area contributed by atoms with Gasteiger partial charge in [-0.15, -0.1) is 0 Å². The van der Waals surface area contributed by atoms with E-state index in [9.17, 15) is 0 Å². The number of likely N-dealkylation sites (N-methyl/N-ethyl adjacent to an activating group) is 1. The Hall–Kier alpha value is -1.99. The van der Waals surface area contributed by atoms with Crippen molar-refractivity contribution in [1.29, 1.82) is 0 Å².